The maximum atomic E-state index is 13.8. The van der Waals surface area contributed by atoms with Gasteiger partial charge < -0.3 is 0 Å². The maximum Gasteiger partial charge on any atom is 0.139 e. The van der Waals surface area contributed by atoms with Crippen LogP contribution in [0, 0.1) is 29.5 Å². The van der Waals surface area contributed by atoms with Crippen molar-refractivity contribution in [3.8, 4) is 11.8 Å². The average Bonchev–Trinajstić information content (AvgIpc) is 2.54. The highest BCUT2D eigenvalue weighted by Gasteiger charge is 2.18. The molecule has 22 heavy (non-hydrogen) atoms. The van der Waals surface area contributed by atoms with Crippen LogP contribution in [0.2, 0.25) is 0 Å². The molecule has 0 heterocycles. The van der Waals surface area contributed by atoms with E-state index in [4.69, 9.17) is 0 Å². The molecule has 0 N–H and O–H groups in total. The molecule has 2 rings (SSSR count). The summed E-state index contributed by atoms with van der Waals surface area (Å²) in [6.07, 6.45) is 12.9. The highest BCUT2D eigenvalue weighted by molar-refractivity contribution is 5.39. The van der Waals surface area contributed by atoms with Crippen LogP contribution >= 0.6 is 0 Å². The molecule has 1 saturated carbocycles. The second kappa shape index (κ2) is 8.79. The van der Waals surface area contributed by atoms with Gasteiger partial charge in [-0.3, -0.25) is 0 Å². The first-order chi connectivity index (χ1) is 10.7. The summed E-state index contributed by atoms with van der Waals surface area (Å²) in [5.41, 5.74) is 1.51. The zero-order valence-electron chi connectivity index (χ0n) is 13.9. The molecule has 0 atom stereocenters. The van der Waals surface area contributed by atoms with E-state index in [1.165, 1.54) is 38.5 Å². The van der Waals surface area contributed by atoms with Gasteiger partial charge in [0.25, 0.3) is 0 Å². The zero-order valence-corrected chi connectivity index (χ0v) is 13.9. The van der Waals surface area contributed by atoms with Gasteiger partial charge in [-0.2, -0.15) is 0 Å². The van der Waals surface area contributed by atoms with Gasteiger partial charge >= 0.3 is 0 Å². The minimum absolute atomic E-state index is 0.208. The Morgan fingerprint density at radius 3 is 2.59 bits per heavy atom. The Morgan fingerprint density at radius 1 is 1.18 bits per heavy atom. The first kappa shape index (κ1) is 16.8. The standard InChI is InChI=1S/C21H27F/c1-3-7-18-10-12-19(13-11-18)8-5-6-9-20-15-14-17(4-2)16-21(20)22/h5,8,14-16,18-19H,3-4,7,10-13H2,1-2H3/b8-5+/t18-,19-. The van der Waals surface area contributed by atoms with Crippen LogP contribution in [0.15, 0.2) is 30.4 Å². The Labute approximate surface area is 134 Å². The van der Waals surface area contributed by atoms with Crippen LogP contribution in [0.25, 0.3) is 0 Å². The normalized spacial score (nSPS) is 21.6. The summed E-state index contributed by atoms with van der Waals surface area (Å²) in [5, 5.41) is 0. The lowest BCUT2D eigenvalue weighted by Crippen LogP contribution is -2.12. The Morgan fingerprint density at radius 2 is 1.95 bits per heavy atom. The van der Waals surface area contributed by atoms with Gasteiger partial charge in [-0.05, 0) is 67.7 Å². The van der Waals surface area contributed by atoms with Crippen LogP contribution in [-0.2, 0) is 6.42 Å². The van der Waals surface area contributed by atoms with E-state index in [2.05, 4.69) is 24.8 Å². The van der Waals surface area contributed by atoms with E-state index >= 15 is 0 Å². The highest BCUT2D eigenvalue weighted by Crippen LogP contribution is 2.31. The minimum Gasteiger partial charge on any atom is -0.206 e. The molecule has 0 unspecified atom stereocenters. The first-order valence-electron chi connectivity index (χ1n) is 8.69. The smallest absolute Gasteiger partial charge is 0.139 e. The molecule has 1 aromatic carbocycles. The first-order valence-corrected chi connectivity index (χ1v) is 8.69. The molecule has 0 aliphatic heterocycles. The third-order valence-corrected chi connectivity index (χ3v) is 4.69. The van der Waals surface area contributed by atoms with Crippen molar-refractivity contribution in [1.29, 1.82) is 0 Å². The van der Waals surface area contributed by atoms with E-state index in [0.29, 0.717) is 11.5 Å². The van der Waals surface area contributed by atoms with Gasteiger partial charge in [-0.15, -0.1) is 0 Å². The Bertz CT molecular complexity index is 551. The van der Waals surface area contributed by atoms with Gasteiger partial charge in [0.1, 0.15) is 5.82 Å². The fraction of sp³-hybridized carbons (Fsp3) is 0.524. The van der Waals surface area contributed by atoms with Crippen LogP contribution in [0.5, 0.6) is 0 Å². The number of hydrogen-bond acceptors (Lipinski definition) is 0. The topological polar surface area (TPSA) is 0 Å². The van der Waals surface area contributed by atoms with E-state index in [1.54, 1.807) is 12.1 Å². The fourth-order valence-corrected chi connectivity index (χ4v) is 3.26. The number of halogens is 1. The third kappa shape index (κ3) is 5.02. The molecule has 118 valence electrons. The van der Waals surface area contributed by atoms with Crippen molar-refractivity contribution in [3.63, 3.8) is 0 Å². The molecule has 0 bridgehead atoms. The van der Waals surface area contributed by atoms with Gasteiger partial charge in [0, 0.05) is 0 Å². The van der Waals surface area contributed by atoms with Crippen LogP contribution in [-0.4, -0.2) is 0 Å². The molecule has 1 heteroatoms. The molecule has 0 amide bonds. The SMILES string of the molecule is CCC[C@H]1CC[C@H](/C=C/C#Cc2ccc(CC)cc2F)CC1. The number of allylic oxidation sites excluding steroid dienone is 2. The Kier molecular flexibility index (Phi) is 6.72. The lowest BCUT2D eigenvalue weighted by molar-refractivity contribution is 0.294. The predicted molar refractivity (Wildman–Crippen MR) is 92.2 cm³/mol. The van der Waals surface area contributed by atoms with E-state index in [9.17, 15) is 4.39 Å². The van der Waals surface area contributed by atoms with Gasteiger partial charge in [0.2, 0.25) is 0 Å². The fourth-order valence-electron chi connectivity index (χ4n) is 3.26. The molecule has 0 spiro atoms. The lowest BCUT2D eigenvalue weighted by atomic mass is 9.80. The molecule has 0 aromatic heterocycles. The van der Waals surface area contributed by atoms with Gasteiger partial charge in [0.05, 0.1) is 5.56 Å². The van der Waals surface area contributed by atoms with E-state index in [1.807, 2.05) is 19.1 Å². The van der Waals surface area contributed by atoms with Crippen molar-refractivity contribution in [1.82, 2.24) is 0 Å². The monoisotopic (exact) mass is 298 g/mol. The van der Waals surface area contributed by atoms with E-state index in [0.717, 1.165) is 17.9 Å². The molecule has 0 radical (unpaired) electrons. The minimum atomic E-state index is -0.208. The van der Waals surface area contributed by atoms with Crippen LogP contribution in [0.3, 0.4) is 0 Å². The molecule has 0 nitrogen and oxygen atoms in total. The summed E-state index contributed by atoms with van der Waals surface area (Å²) in [4.78, 5) is 0. The summed E-state index contributed by atoms with van der Waals surface area (Å²) >= 11 is 0. The third-order valence-electron chi connectivity index (χ3n) is 4.69. The number of rotatable bonds is 4. The highest BCUT2D eigenvalue weighted by atomic mass is 19.1. The average molecular weight is 298 g/mol. The molecule has 0 saturated heterocycles. The van der Waals surface area contributed by atoms with Crippen molar-refractivity contribution in [2.45, 2.75) is 58.8 Å². The largest absolute Gasteiger partial charge is 0.206 e. The molecule has 1 aliphatic carbocycles. The Hall–Kier alpha value is -1.55. The van der Waals surface area contributed by atoms with Crippen molar-refractivity contribution >= 4 is 0 Å². The lowest BCUT2D eigenvalue weighted by Gasteiger charge is -2.26. The van der Waals surface area contributed by atoms with E-state index < -0.39 is 0 Å². The molecular formula is C21H27F. The van der Waals surface area contributed by atoms with E-state index in [-0.39, 0.29) is 5.82 Å². The van der Waals surface area contributed by atoms with Gasteiger partial charge in [-0.25, -0.2) is 4.39 Å². The van der Waals surface area contributed by atoms with Crippen molar-refractivity contribution < 1.29 is 4.39 Å². The van der Waals surface area contributed by atoms with Crippen molar-refractivity contribution in [2.75, 3.05) is 0 Å². The predicted octanol–water partition coefficient (Wildman–Crippen LogP) is 5.90. The Balaban J connectivity index is 1.86. The van der Waals surface area contributed by atoms with Crippen LogP contribution in [0.1, 0.15) is 63.5 Å². The number of hydrogen-bond donors (Lipinski definition) is 0. The van der Waals surface area contributed by atoms with Crippen LogP contribution < -0.4 is 0 Å². The summed E-state index contributed by atoms with van der Waals surface area (Å²) in [7, 11) is 0. The number of aryl methyl sites for hydroxylation is 1. The molecule has 1 aromatic rings. The molecular weight excluding hydrogens is 271 g/mol. The zero-order chi connectivity index (χ0) is 15.8. The second-order valence-corrected chi connectivity index (χ2v) is 6.37. The summed E-state index contributed by atoms with van der Waals surface area (Å²) in [6, 6.07) is 5.32. The molecule has 1 aliphatic rings. The van der Waals surface area contributed by atoms with Crippen LogP contribution in [0.4, 0.5) is 4.39 Å². The van der Waals surface area contributed by atoms with Crippen molar-refractivity contribution in [2.24, 2.45) is 11.8 Å². The second-order valence-electron chi connectivity index (χ2n) is 6.37. The summed E-state index contributed by atoms with van der Waals surface area (Å²) < 4.78 is 13.8. The molecule has 1 fully saturated rings. The maximum absolute atomic E-state index is 13.8. The van der Waals surface area contributed by atoms with Crippen molar-refractivity contribution in [3.05, 3.63) is 47.3 Å². The summed E-state index contributed by atoms with van der Waals surface area (Å²) in [6.45, 7) is 4.30. The summed E-state index contributed by atoms with van der Waals surface area (Å²) in [5.74, 6) is 7.30. The van der Waals surface area contributed by atoms with Gasteiger partial charge in [0.15, 0.2) is 0 Å². The number of benzene rings is 1. The quantitative estimate of drug-likeness (QED) is 0.607. The van der Waals surface area contributed by atoms with Gasteiger partial charge in [-0.1, -0.05) is 50.7 Å².